The predicted octanol–water partition coefficient (Wildman–Crippen LogP) is 5.14. The molecule has 2 amide bonds. The van der Waals surface area contributed by atoms with Gasteiger partial charge in [-0.3, -0.25) is 9.59 Å². The second-order valence-electron chi connectivity index (χ2n) is 7.27. The third-order valence-corrected chi connectivity index (χ3v) is 5.87. The highest BCUT2D eigenvalue weighted by atomic mass is 32.2. The first-order chi connectivity index (χ1) is 15.2. The summed E-state index contributed by atoms with van der Waals surface area (Å²) in [5, 5.41) is 2.62. The van der Waals surface area contributed by atoms with E-state index in [1.54, 1.807) is 4.90 Å². The third-order valence-electron chi connectivity index (χ3n) is 4.87. The number of hydrogen-bond acceptors (Lipinski definition) is 3. The molecule has 32 heavy (non-hydrogen) atoms. The number of likely N-dealkylation sites (tertiary alicyclic amines) is 1. The van der Waals surface area contributed by atoms with Crippen LogP contribution in [0.2, 0.25) is 0 Å². The molecule has 1 saturated heterocycles. The van der Waals surface area contributed by atoms with Gasteiger partial charge in [0.15, 0.2) is 0 Å². The first kappa shape index (κ1) is 23.8. The van der Waals surface area contributed by atoms with Crippen LogP contribution in [0.1, 0.15) is 30.4 Å². The molecule has 0 aliphatic carbocycles. The van der Waals surface area contributed by atoms with E-state index in [4.69, 9.17) is 0 Å². The maximum atomic E-state index is 13.5. The van der Waals surface area contributed by atoms with Crippen LogP contribution in [0.15, 0.2) is 58.3 Å². The molecule has 9 heteroatoms. The Morgan fingerprint density at radius 3 is 2.50 bits per heavy atom. The van der Waals surface area contributed by atoms with Crippen LogP contribution in [0.25, 0.3) is 6.08 Å². The molecule has 1 N–H and O–H groups in total. The molecule has 0 unspecified atom stereocenters. The van der Waals surface area contributed by atoms with Crippen LogP contribution in [0.5, 0.6) is 0 Å². The Balaban J connectivity index is 1.60. The van der Waals surface area contributed by atoms with Gasteiger partial charge in [0.2, 0.25) is 11.8 Å². The molecule has 170 valence electrons. The molecule has 1 aliphatic rings. The van der Waals surface area contributed by atoms with Crippen LogP contribution in [0, 0.1) is 5.82 Å². The maximum Gasteiger partial charge on any atom is 0.417 e. The summed E-state index contributed by atoms with van der Waals surface area (Å²) in [4.78, 5) is 26.2. The summed E-state index contributed by atoms with van der Waals surface area (Å²) < 4.78 is 53.7. The fraction of sp³-hybridized carbons (Fsp3) is 0.304. The molecule has 1 heterocycles. The normalized spacial score (nSPS) is 14.4. The van der Waals surface area contributed by atoms with Crippen molar-refractivity contribution in [1.82, 2.24) is 10.2 Å². The van der Waals surface area contributed by atoms with Gasteiger partial charge >= 0.3 is 6.18 Å². The first-order valence-electron chi connectivity index (χ1n) is 10.1. The number of benzene rings is 2. The lowest BCUT2D eigenvalue weighted by atomic mass is 10.1. The summed E-state index contributed by atoms with van der Waals surface area (Å²) >= 11 is 1.09. The Morgan fingerprint density at radius 1 is 1.12 bits per heavy atom. The number of rotatable bonds is 8. The van der Waals surface area contributed by atoms with E-state index >= 15 is 0 Å². The van der Waals surface area contributed by atoms with Crippen molar-refractivity contribution in [3.05, 3.63) is 65.5 Å². The quantitative estimate of drug-likeness (QED) is 0.333. The molecule has 0 saturated carbocycles. The van der Waals surface area contributed by atoms with Crippen molar-refractivity contribution in [1.29, 1.82) is 0 Å². The summed E-state index contributed by atoms with van der Waals surface area (Å²) in [5.41, 5.74) is -0.986. The Labute approximate surface area is 187 Å². The smallest absolute Gasteiger partial charge is 0.352 e. The fourth-order valence-electron chi connectivity index (χ4n) is 3.27. The number of halogens is 4. The molecule has 4 nitrogen and oxygen atoms in total. The second kappa shape index (κ2) is 10.7. The van der Waals surface area contributed by atoms with Crippen LogP contribution in [0.4, 0.5) is 17.6 Å². The molecular weight excluding hydrogens is 444 g/mol. The number of nitrogens with one attached hydrogen (secondary N) is 1. The summed E-state index contributed by atoms with van der Waals surface area (Å²) in [6, 6.07) is 9.30. The van der Waals surface area contributed by atoms with Gasteiger partial charge in [0.05, 0.1) is 5.56 Å². The van der Waals surface area contributed by atoms with E-state index < -0.39 is 23.5 Å². The van der Waals surface area contributed by atoms with Crippen LogP contribution >= 0.6 is 11.8 Å². The molecular formula is C23H22F4N2O2S. The molecule has 0 aromatic heterocycles. The molecule has 0 atom stereocenters. The van der Waals surface area contributed by atoms with Gasteiger partial charge in [-0.25, -0.2) is 4.39 Å². The summed E-state index contributed by atoms with van der Waals surface area (Å²) in [6.07, 6.45) is -0.423. The number of carbonyl (C=O) groups excluding carboxylic acids is 2. The summed E-state index contributed by atoms with van der Waals surface area (Å²) in [5.74, 6) is -0.818. The molecule has 0 bridgehead atoms. The lowest BCUT2D eigenvalue weighted by Crippen LogP contribution is -2.29. The number of carbonyl (C=O) groups is 2. The summed E-state index contributed by atoms with van der Waals surface area (Å²) in [7, 11) is 0. The topological polar surface area (TPSA) is 49.4 Å². The predicted molar refractivity (Wildman–Crippen MR) is 114 cm³/mol. The molecule has 1 fully saturated rings. The van der Waals surface area contributed by atoms with Crippen molar-refractivity contribution in [2.45, 2.75) is 35.2 Å². The number of alkyl halides is 3. The highest BCUT2D eigenvalue weighted by Gasteiger charge is 2.33. The van der Waals surface area contributed by atoms with Crippen molar-refractivity contribution >= 4 is 29.7 Å². The maximum absolute atomic E-state index is 13.5. The highest BCUT2D eigenvalue weighted by molar-refractivity contribution is 7.99. The number of hydrogen-bond donors (Lipinski definition) is 1. The van der Waals surface area contributed by atoms with E-state index in [9.17, 15) is 27.2 Å². The molecule has 0 spiro atoms. The second-order valence-corrected chi connectivity index (χ2v) is 8.41. The highest BCUT2D eigenvalue weighted by Crippen LogP contribution is 2.37. The zero-order chi connectivity index (χ0) is 23.1. The van der Waals surface area contributed by atoms with Crippen molar-refractivity contribution in [2.24, 2.45) is 0 Å². The molecule has 2 aromatic rings. The van der Waals surface area contributed by atoms with Gasteiger partial charge in [0, 0.05) is 41.9 Å². The van der Waals surface area contributed by atoms with E-state index in [2.05, 4.69) is 5.32 Å². The average Bonchev–Trinajstić information content (AvgIpc) is 3.16. The number of amides is 2. The van der Waals surface area contributed by atoms with Crippen LogP contribution in [-0.4, -0.2) is 36.3 Å². The van der Waals surface area contributed by atoms with E-state index in [0.717, 1.165) is 42.9 Å². The fourth-order valence-corrected chi connectivity index (χ4v) is 4.13. The minimum absolute atomic E-state index is 0.108. The van der Waals surface area contributed by atoms with Crippen molar-refractivity contribution < 1.29 is 27.2 Å². The minimum Gasteiger partial charge on any atom is -0.352 e. The van der Waals surface area contributed by atoms with Crippen LogP contribution < -0.4 is 5.32 Å². The zero-order valence-corrected chi connectivity index (χ0v) is 17.9. The van der Waals surface area contributed by atoms with Crippen molar-refractivity contribution in [2.75, 3.05) is 19.6 Å². The Hall–Kier alpha value is -2.81. The standard InChI is InChI=1S/C23H22F4N2O2S/c24-17-6-9-18(10-7-17)32-19-8-4-16(20(15-19)23(25,26)27)5-11-21(30)28-12-2-14-29-13-1-3-22(29)31/h4-11,15H,1-3,12-14H2,(H,28,30). The SMILES string of the molecule is O=C(C=Cc1ccc(Sc2ccc(F)cc2)cc1C(F)(F)F)NCCCN1CCCC1=O. The Morgan fingerprint density at radius 2 is 1.84 bits per heavy atom. The molecule has 2 aromatic carbocycles. The first-order valence-corrected chi connectivity index (χ1v) is 10.9. The van der Waals surface area contributed by atoms with Gasteiger partial charge in [0.1, 0.15) is 5.82 Å². The Bertz CT molecular complexity index is 990. The largest absolute Gasteiger partial charge is 0.417 e. The van der Waals surface area contributed by atoms with Gasteiger partial charge in [-0.1, -0.05) is 17.8 Å². The summed E-state index contributed by atoms with van der Waals surface area (Å²) in [6.45, 7) is 1.60. The molecule has 3 rings (SSSR count). The van der Waals surface area contributed by atoms with E-state index in [1.165, 1.54) is 36.4 Å². The van der Waals surface area contributed by atoms with Gasteiger partial charge < -0.3 is 10.2 Å². The Kier molecular flexibility index (Phi) is 7.95. The van der Waals surface area contributed by atoms with Crippen molar-refractivity contribution in [3.63, 3.8) is 0 Å². The average molecular weight is 467 g/mol. The molecule has 1 aliphatic heterocycles. The van der Waals surface area contributed by atoms with Crippen molar-refractivity contribution in [3.8, 4) is 0 Å². The van der Waals surface area contributed by atoms with Crippen LogP contribution in [0.3, 0.4) is 0 Å². The van der Waals surface area contributed by atoms with Gasteiger partial charge in [0.25, 0.3) is 0 Å². The van der Waals surface area contributed by atoms with E-state index in [0.29, 0.717) is 35.7 Å². The van der Waals surface area contributed by atoms with E-state index in [-0.39, 0.29) is 11.5 Å². The minimum atomic E-state index is -4.60. The lowest BCUT2D eigenvalue weighted by Gasteiger charge is -2.15. The van der Waals surface area contributed by atoms with Gasteiger partial charge in [-0.05, 0) is 60.9 Å². The zero-order valence-electron chi connectivity index (χ0n) is 17.1. The van der Waals surface area contributed by atoms with Gasteiger partial charge in [-0.2, -0.15) is 13.2 Å². The molecule has 0 radical (unpaired) electrons. The van der Waals surface area contributed by atoms with E-state index in [1.807, 2.05) is 0 Å². The van der Waals surface area contributed by atoms with Crippen LogP contribution in [-0.2, 0) is 15.8 Å². The third kappa shape index (κ3) is 6.85. The lowest BCUT2D eigenvalue weighted by molar-refractivity contribution is -0.138. The number of nitrogens with zero attached hydrogens (tertiary/aromatic N) is 1. The monoisotopic (exact) mass is 466 g/mol. The van der Waals surface area contributed by atoms with Gasteiger partial charge in [-0.15, -0.1) is 0 Å².